The summed E-state index contributed by atoms with van der Waals surface area (Å²) in [6.45, 7) is 4.00. The van der Waals surface area contributed by atoms with E-state index in [4.69, 9.17) is 28.9 Å². The van der Waals surface area contributed by atoms with Crippen LogP contribution in [0.1, 0.15) is 36.5 Å². The highest BCUT2D eigenvalue weighted by molar-refractivity contribution is 6.42. The molecule has 2 aromatic carbocycles. The molecule has 1 aliphatic rings. The van der Waals surface area contributed by atoms with Gasteiger partial charge in [0.05, 0.1) is 15.7 Å². The minimum absolute atomic E-state index is 0.195. The average Bonchev–Trinajstić information content (AvgIpc) is 2.65. The van der Waals surface area contributed by atoms with Crippen molar-refractivity contribution >= 4 is 29.2 Å². The van der Waals surface area contributed by atoms with Gasteiger partial charge in [0.15, 0.2) is 0 Å². The van der Waals surface area contributed by atoms with E-state index in [1.54, 1.807) is 0 Å². The van der Waals surface area contributed by atoms with Crippen LogP contribution in [0.4, 0.5) is 5.95 Å². The molecule has 0 saturated heterocycles. The lowest BCUT2D eigenvalue weighted by molar-refractivity contribution is 0.783. The van der Waals surface area contributed by atoms with E-state index in [0.29, 0.717) is 16.0 Å². The van der Waals surface area contributed by atoms with E-state index < -0.39 is 0 Å². The number of halogens is 2. The number of anilines is 1. The second kappa shape index (κ2) is 7.42. The van der Waals surface area contributed by atoms with Gasteiger partial charge in [-0.3, -0.25) is 0 Å². The van der Waals surface area contributed by atoms with E-state index in [9.17, 15) is 0 Å². The highest BCUT2D eigenvalue weighted by atomic mass is 35.5. The third-order valence-electron chi connectivity index (χ3n) is 4.24. The minimum atomic E-state index is 0.195. The zero-order valence-electron chi connectivity index (χ0n) is 14.1. The van der Waals surface area contributed by atoms with Gasteiger partial charge in [0.25, 0.3) is 0 Å². The van der Waals surface area contributed by atoms with Gasteiger partial charge >= 0.3 is 0 Å². The number of hydrogen-bond donors (Lipinski definition) is 1. The van der Waals surface area contributed by atoms with Crippen LogP contribution >= 0.6 is 23.2 Å². The van der Waals surface area contributed by atoms with Crippen LogP contribution in [0.5, 0.6) is 0 Å². The summed E-state index contributed by atoms with van der Waals surface area (Å²) in [4.78, 5) is 8.58. The Kier molecular flexibility index (Phi) is 5.26. The standard InChI is InChI=1S/C18H13Cl2N3.C2H6/c19-15-6-5-10(8-16(15)20)14-7-11-9-22-18(21)23-17(11)13-4-2-1-3-12(13)14;1-2/h1-6,8-9,14H,7H2,(H2,21,22,23);1-2H3/t14-;/m0./s1. The first-order valence-corrected chi connectivity index (χ1v) is 9.04. The van der Waals surface area contributed by atoms with Crippen molar-refractivity contribution in [3.05, 3.63) is 75.4 Å². The molecule has 1 atom stereocenters. The second-order valence-corrected chi connectivity index (χ2v) is 6.43. The van der Waals surface area contributed by atoms with Crippen molar-refractivity contribution in [2.45, 2.75) is 26.2 Å². The molecular formula is C20H19Cl2N3. The number of nitrogen functional groups attached to an aromatic ring is 1. The van der Waals surface area contributed by atoms with Crippen molar-refractivity contribution in [1.29, 1.82) is 0 Å². The van der Waals surface area contributed by atoms with Gasteiger partial charge in [-0.25, -0.2) is 9.97 Å². The summed E-state index contributed by atoms with van der Waals surface area (Å²) in [7, 11) is 0. The summed E-state index contributed by atoms with van der Waals surface area (Å²) in [5, 5.41) is 1.14. The smallest absolute Gasteiger partial charge is 0.220 e. The van der Waals surface area contributed by atoms with Gasteiger partial charge in [-0.15, -0.1) is 0 Å². The van der Waals surface area contributed by atoms with Gasteiger partial charge in [0.2, 0.25) is 5.95 Å². The van der Waals surface area contributed by atoms with Crippen molar-refractivity contribution in [3.8, 4) is 11.3 Å². The Balaban J connectivity index is 0.000000880. The third-order valence-corrected chi connectivity index (χ3v) is 4.98. The predicted molar refractivity (Wildman–Crippen MR) is 105 cm³/mol. The summed E-state index contributed by atoms with van der Waals surface area (Å²) in [5.74, 6) is 0.493. The second-order valence-electron chi connectivity index (χ2n) is 5.62. The molecular weight excluding hydrogens is 353 g/mol. The van der Waals surface area contributed by atoms with Crippen molar-refractivity contribution in [2.24, 2.45) is 0 Å². The SMILES string of the molecule is CC.Nc1ncc2c(n1)-c1ccccc1[C@H](c1ccc(Cl)c(Cl)c1)C2. The molecule has 0 unspecified atom stereocenters. The van der Waals surface area contributed by atoms with Gasteiger partial charge < -0.3 is 5.73 Å². The maximum atomic E-state index is 6.21. The molecule has 1 aliphatic carbocycles. The summed E-state index contributed by atoms with van der Waals surface area (Å²) < 4.78 is 0. The van der Waals surface area contributed by atoms with E-state index in [2.05, 4.69) is 22.1 Å². The molecule has 0 aliphatic heterocycles. The van der Waals surface area contributed by atoms with Crippen molar-refractivity contribution < 1.29 is 0 Å². The van der Waals surface area contributed by atoms with Gasteiger partial charge in [-0.2, -0.15) is 0 Å². The van der Waals surface area contributed by atoms with E-state index in [1.807, 2.05) is 50.4 Å². The van der Waals surface area contributed by atoms with Crippen LogP contribution in [-0.2, 0) is 6.42 Å². The summed E-state index contributed by atoms with van der Waals surface area (Å²) in [6, 6.07) is 14.1. The minimum Gasteiger partial charge on any atom is -0.368 e. The first-order valence-electron chi connectivity index (χ1n) is 8.29. The molecule has 0 radical (unpaired) electrons. The Labute approximate surface area is 157 Å². The van der Waals surface area contributed by atoms with E-state index in [-0.39, 0.29) is 5.92 Å². The van der Waals surface area contributed by atoms with Crippen molar-refractivity contribution in [1.82, 2.24) is 9.97 Å². The molecule has 1 aromatic heterocycles. The Morgan fingerprint density at radius 3 is 2.56 bits per heavy atom. The summed E-state index contributed by atoms with van der Waals surface area (Å²) in [5.41, 5.74) is 11.2. The largest absolute Gasteiger partial charge is 0.368 e. The number of hydrogen-bond acceptors (Lipinski definition) is 3. The zero-order chi connectivity index (χ0) is 18.0. The fourth-order valence-corrected chi connectivity index (χ4v) is 3.48. The van der Waals surface area contributed by atoms with Gasteiger partial charge in [-0.05, 0) is 35.2 Å². The molecule has 0 saturated carbocycles. The molecule has 4 rings (SSSR count). The quantitative estimate of drug-likeness (QED) is 0.592. The van der Waals surface area contributed by atoms with E-state index in [1.165, 1.54) is 5.56 Å². The molecule has 0 fully saturated rings. The Bertz CT molecular complexity index is 909. The van der Waals surface area contributed by atoms with Crippen LogP contribution < -0.4 is 5.73 Å². The zero-order valence-corrected chi connectivity index (χ0v) is 15.6. The molecule has 5 heteroatoms. The van der Waals surface area contributed by atoms with Gasteiger partial charge in [-0.1, -0.05) is 67.4 Å². The monoisotopic (exact) mass is 371 g/mol. The maximum Gasteiger partial charge on any atom is 0.220 e. The van der Waals surface area contributed by atoms with Crippen LogP contribution in [0.25, 0.3) is 11.3 Å². The third kappa shape index (κ3) is 3.35. The lowest BCUT2D eigenvalue weighted by Crippen LogP contribution is -2.15. The van der Waals surface area contributed by atoms with Crippen LogP contribution in [0, 0.1) is 0 Å². The van der Waals surface area contributed by atoms with Crippen molar-refractivity contribution in [3.63, 3.8) is 0 Å². The lowest BCUT2D eigenvalue weighted by Gasteiger charge is -2.27. The highest BCUT2D eigenvalue weighted by Gasteiger charge is 2.27. The molecule has 2 N–H and O–H groups in total. The number of fused-ring (bicyclic) bond motifs is 3. The maximum absolute atomic E-state index is 6.21. The number of nitrogens with zero attached hydrogens (tertiary/aromatic N) is 2. The Morgan fingerprint density at radius 2 is 1.80 bits per heavy atom. The van der Waals surface area contributed by atoms with E-state index in [0.717, 1.165) is 28.8 Å². The number of nitrogens with two attached hydrogens (primary N) is 1. The fourth-order valence-electron chi connectivity index (χ4n) is 3.18. The molecule has 0 bridgehead atoms. The lowest BCUT2D eigenvalue weighted by atomic mass is 9.78. The van der Waals surface area contributed by atoms with Crippen LogP contribution in [0.3, 0.4) is 0 Å². The van der Waals surface area contributed by atoms with Crippen LogP contribution in [-0.4, -0.2) is 9.97 Å². The Morgan fingerprint density at radius 1 is 1.04 bits per heavy atom. The van der Waals surface area contributed by atoms with Crippen LogP contribution in [0.2, 0.25) is 10.0 Å². The average molecular weight is 372 g/mol. The number of rotatable bonds is 1. The van der Waals surface area contributed by atoms with Gasteiger partial charge in [0, 0.05) is 17.7 Å². The first-order chi connectivity index (χ1) is 12.1. The molecule has 25 heavy (non-hydrogen) atoms. The topological polar surface area (TPSA) is 51.8 Å². The molecule has 3 nitrogen and oxygen atoms in total. The predicted octanol–water partition coefficient (Wildman–Crippen LogP) is 5.75. The summed E-state index contributed by atoms with van der Waals surface area (Å²) in [6.07, 6.45) is 2.63. The normalized spacial score (nSPS) is 14.8. The van der Waals surface area contributed by atoms with E-state index >= 15 is 0 Å². The van der Waals surface area contributed by atoms with Gasteiger partial charge in [0.1, 0.15) is 0 Å². The first kappa shape index (κ1) is 17.7. The highest BCUT2D eigenvalue weighted by Crippen LogP contribution is 2.42. The molecule has 0 amide bonds. The molecule has 1 heterocycles. The molecule has 128 valence electrons. The van der Waals surface area contributed by atoms with Crippen LogP contribution in [0.15, 0.2) is 48.7 Å². The number of aromatic nitrogens is 2. The molecule has 3 aromatic rings. The summed E-state index contributed by atoms with van der Waals surface area (Å²) >= 11 is 12.3. The molecule has 0 spiro atoms. The van der Waals surface area contributed by atoms with Crippen molar-refractivity contribution in [2.75, 3.05) is 5.73 Å². The Hall–Kier alpha value is -2.10. The fraction of sp³-hybridized carbons (Fsp3) is 0.200. The number of benzene rings is 2.